The van der Waals surface area contributed by atoms with E-state index in [1.807, 2.05) is 0 Å². The van der Waals surface area contributed by atoms with Gasteiger partial charge in [-0.05, 0) is 17.3 Å². The van der Waals surface area contributed by atoms with Crippen LogP contribution in [0.3, 0.4) is 0 Å². The van der Waals surface area contributed by atoms with Gasteiger partial charge in [0.05, 0.1) is 10.8 Å². The van der Waals surface area contributed by atoms with Crippen LogP contribution in [0, 0.1) is 22.0 Å². The van der Waals surface area contributed by atoms with Gasteiger partial charge >= 0.3 is 5.00 Å². The molecule has 12 heavy (non-hydrogen) atoms. The smallest absolute Gasteiger partial charge is 0.257 e. The Morgan fingerprint density at radius 1 is 1.83 bits per heavy atom. The highest BCUT2D eigenvalue weighted by Gasteiger charge is 2.09. The molecule has 62 valence electrons. The molecule has 0 aliphatic rings. The van der Waals surface area contributed by atoms with Crippen LogP contribution in [-0.4, -0.2) is 15.8 Å². The van der Waals surface area contributed by atoms with Gasteiger partial charge in [-0.2, -0.15) is 0 Å². The van der Waals surface area contributed by atoms with Crippen LogP contribution in [0.1, 0.15) is 5.01 Å². The highest BCUT2D eigenvalue weighted by atomic mass is 35.5. The van der Waals surface area contributed by atoms with Gasteiger partial charge in [0.15, 0.2) is 5.01 Å². The van der Waals surface area contributed by atoms with Crippen molar-refractivity contribution in [1.29, 1.82) is 0 Å². The molecule has 6 heteroatoms. The first-order chi connectivity index (χ1) is 5.74. The second-order valence-corrected chi connectivity index (χ2v) is 2.97. The number of thiazole rings is 1. The second-order valence-electron chi connectivity index (χ2n) is 1.70. The summed E-state index contributed by atoms with van der Waals surface area (Å²) in [6.07, 6.45) is 1.18. The van der Waals surface area contributed by atoms with Gasteiger partial charge in [-0.25, -0.2) is 4.98 Å². The molecule has 0 unspecified atom stereocenters. The summed E-state index contributed by atoms with van der Waals surface area (Å²) in [7, 11) is 0. The van der Waals surface area contributed by atoms with Crippen molar-refractivity contribution >= 4 is 27.9 Å². The summed E-state index contributed by atoms with van der Waals surface area (Å²) in [4.78, 5) is 13.4. The van der Waals surface area contributed by atoms with Gasteiger partial charge in [-0.15, -0.1) is 11.6 Å². The van der Waals surface area contributed by atoms with Crippen molar-refractivity contribution in [2.75, 3.05) is 5.88 Å². The Kier molecular flexibility index (Phi) is 3.02. The fourth-order valence-electron chi connectivity index (χ4n) is 0.517. The highest BCUT2D eigenvalue weighted by Crippen LogP contribution is 2.19. The number of rotatable bonds is 1. The third-order valence-electron chi connectivity index (χ3n) is 0.936. The lowest BCUT2D eigenvalue weighted by Crippen LogP contribution is -1.80. The summed E-state index contributed by atoms with van der Waals surface area (Å²) in [6.45, 7) is 0. The number of nitrogens with zero attached hydrogens (tertiary/aromatic N) is 2. The minimum atomic E-state index is -0.496. The second kappa shape index (κ2) is 4.04. The largest absolute Gasteiger partial charge is 0.344 e. The first-order valence-corrected chi connectivity index (χ1v) is 4.24. The van der Waals surface area contributed by atoms with Crippen LogP contribution >= 0.6 is 22.9 Å². The van der Waals surface area contributed by atoms with E-state index < -0.39 is 4.92 Å². The maximum Gasteiger partial charge on any atom is 0.344 e. The van der Waals surface area contributed by atoms with Crippen molar-refractivity contribution < 1.29 is 4.92 Å². The Morgan fingerprint density at radius 3 is 3.08 bits per heavy atom. The molecular formula is C6H3ClN2O2S. The zero-order chi connectivity index (χ0) is 8.97. The summed E-state index contributed by atoms with van der Waals surface area (Å²) in [6, 6.07) is 0. The van der Waals surface area contributed by atoms with E-state index in [-0.39, 0.29) is 10.9 Å². The van der Waals surface area contributed by atoms with E-state index in [9.17, 15) is 10.1 Å². The molecule has 1 aromatic rings. The van der Waals surface area contributed by atoms with E-state index in [0.29, 0.717) is 5.01 Å². The lowest BCUT2D eigenvalue weighted by Gasteiger charge is -1.76. The predicted octanol–water partition coefficient (Wildman–Crippen LogP) is 1.64. The molecule has 0 bridgehead atoms. The molecule has 0 aromatic carbocycles. The summed E-state index contributed by atoms with van der Waals surface area (Å²) in [5, 5.41) is 10.6. The molecule has 4 nitrogen and oxygen atoms in total. The molecule has 1 heterocycles. The Morgan fingerprint density at radius 2 is 2.58 bits per heavy atom. The van der Waals surface area contributed by atoms with Crippen LogP contribution in [0.15, 0.2) is 6.20 Å². The Bertz CT molecular complexity index is 352. The van der Waals surface area contributed by atoms with Gasteiger partial charge in [0.2, 0.25) is 0 Å². The summed E-state index contributed by atoms with van der Waals surface area (Å²) >= 11 is 6.23. The molecule has 0 radical (unpaired) electrons. The first kappa shape index (κ1) is 8.97. The lowest BCUT2D eigenvalue weighted by atomic mass is 10.6. The molecule has 0 aliphatic heterocycles. The molecule has 0 amide bonds. The number of nitro groups is 1. The number of aromatic nitrogens is 1. The molecule has 0 spiro atoms. The summed E-state index contributed by atoms with van der Waals surface area (Å²) in [5.41, 5.74) is 0. The van der Waals surface area contributed by atoms with Crippen molar-refractivity contribution in [1.82, 2.24) is 4.98 Å². The van der Waals surface area contributed by atoms with E-state index >= 15 is 0 Å². The van der Waals surface area contributed by atoms with Gasteiger partial charge in [0.1, 0.15) is 6.20 Å². The Labute approximate surface area is 77.3 Å². The van der Waals surface area contributed by atoms with Crippen molar-refractivity contribution in [2.45, 2.75) is 0 Å². The quantitative estimate of drug-likeness (QED) is 0.301. The van der Waals surface area contributed by atoms with Crippen molar-refractivity contribution in [3.05, 3.63) is 21.3 Å². The normalized spacial score (nSPS) is 8.75. The maximum absolute atomic E-state index is 10.2. The molecule has 1 aromatic heterocycles. The number of alkyl halides is 1. The average Bonchev–Trinajstić information content (AvgIpc) is 2.48. The number of hydrogen-bond donors (Lipinski definition) is 0. The molecular weight excluding hydrogens is 200 g/mol. The van der Waals surface area contributed by atoms with Crippen molar-refractivity contribution in [2.24, 2.45) is 0 Å². The maximum atomic E-state index is 10.2. The number of halogens is 1. The molecule has 0 fully saturated rings. The van der Waals surface area contributed by atoms with Gasteiger partial charge in [0.25, 0.3) is 0 Å². The molecule has 0 N–H and O–H groups in total. The van der Waals surface area contributed by atoms with Crippen LogP contribution in [0.2, 0.25) is 0 Å². The third kappa shape index (κ3) is 2.19. The van der Waals surface area contributed by atoms with Crippen LogP contribution < -0.4 is 0 Å². The van der Waals surface area contributed by atoms with Gasteiger partial charge < -0.3 is 0 Å². The monoisotopic (exact) mass is 202 g/mol. The van der Waals surface area contributed by atoms with E-state index in [0.717, 1.165) is 11.3 Å². The van der Waals surface area contributed by atoms with E-state index in [4.69, 9.17) is 11.6 Å². The fraction of sp³-hybridized carbons (Fsp3) is 0.167. The topological polar surface area (TPSA) is 56.0 Å². The lowest BCUT2D eigenvalue weighted by molar-refractivity contribution is -0.380. The average molecular weight is 203 g/mol. The molecule has 0 saturated carbocycles. The van der Waals surface area contributed by atoms with Gasteiger partial charge in [-0.3, -0.25) is 10.1 Å². The third-order valence-corrected chi connectivity index (χ3v) is 1.93. The standard InChI is InChI=1S/C6H3ClN2O2S/c7-3-1-2-5-8-4-6(12-5)9(10)11/h4H,3H2. The minimum Gasteiger partial charge on any atom is -0.257 e. The van der Waals surface area contributed by atoms with Crippen LogP contribution in [0.5, 0.6) is 0 Å². The number of hydrogen-bond acceptors (Lipinski definition) is 4. The minimum absolute atomic E-state index is 0.00567. The van der Waals surface area contributed by atoms with Crippen LogP contribution in [0.4, 0.5) is 5.00 Å². The van der Waals surface area contributed by atoms with Crippen LogP contribution in [-0.2, 0) is 0 Å². The first-order valence-electron chi connectivity index (χ1n) is 2.89. The Hall–Kier alpha value is -1.12. The summed E-state index contributed by atoms with van der Waals surface area (Å²) in [5.74, 6) is 5.35. The van der Waals surface area contributed by atoms with Crippen LogP contribution in [0.25, 0.3) is 0 Å². The molecule has 0 saturated heterocycles. The molecule has 0 atom stereocenters. The van der Waals surface area contributed by atoms with Gasteiger partial charge in [-0.1, -0.05) is 5.92 Å². The zero-order valence-corrected chi connectivity index (χ0v) is 7.35. The predicted molar refractivity (Wildman–Crippen MR) is 46.4 cm³/mol. The molecule has 1 rings (SSSR count). The zero-order valence-electron chi connectivity index (χ0n) is 5.78. The van der Waals surface area contributed by atoms with E-state index in [1.165, 1.54) is 6.20 Å². The Balaban J connectivity index is 2.84. The van der Waals surface area contributed by atoms with Gasteiger partial charge in [0, 0.05) is 0 Å². The SMILES string of the molecule is O=[N+]([O-])c1cnc(C#CCCl)s1. The van der Waals surface area contributed by atoms with E-state index in [1.54, 1.807) is 0 Å². The molecule has 0 aliphatic carbocycles. The van der Waals surface area contributed by atoms with E-state index in [2.05, 4.69) is 16.8 Å². The summed E-state index contributed by atoms with van der Waals surface area (Å²) < 4.78 is 0. The fourth-order valence-corrected chi connectivity index (χ4v) is 1.19. The van der Waals surface area contributed by atoms with Crippen molar-refractivity contribution in [3.63, 3.8) is 0 Å². The van der Waals surface area contributed by atoms with Crippen molar-refractivity contribution in [3.8, 4) is 11.8 Å². The highest BCUT2D eigenvalue weighted by molar-refractivity contribution is 7.15.